The molecular formula is C12H16N4O2. The topological polar surface area (TPSA) is 79.9 Å². The van der Waals surface area contributed by atoms with Crippen LogP contribution in [0, 0.1) is 0 Å². The normalized spacial score (nSPS) is 11.1. The number of amides is 1. The summed E-state index contributed by atoms with van der Waals surface area (Å²) >= 11 is 0. The summed E-state index contributed by atoms with van der Waals surface area (Å²) < 4.78 is 5.32. The van der Waals surface area contributed by atoms with Gasteiger partial charge in [0.15, 0.2) is 0 Å². The first-order valence-corrected chi connectivity index (χ1v) is 5.87. The van der Waals surface area contributed by atoms with Crippen molar-refractivity contribution in [2.24, 2.45) is 0 Å². The Labute approximate surface area is 105 Å². The van der Waals surface area contributed by atoms with E-state index in [2.05, 4.69) is 20.7 Å². The highest BCUT2D eigenvalue weighted by Gasteiger charge is 2.05. The molecule has 1 aromatic heterocycles. The van der Waals surface area contributed by atoms with E-state index in [-0.39, 0.29) is 12.0 Å². The summed E-state index contributed by atoms with van der Waals surface area (Å²) in [5, 5.41) is 13.2. The lowest BCUT2D eigenvalue weighted by Crippen LogP contribution is -2.15. The Bertz CT molecular complexity index is 536. The molecule has 0 bridgehead atoms. The number of nitrogens with one attached hydrogen (secondary N) is 2. The summed E-state index contributed by atoms with van der Waals surface area (Å²) in [6, 6.07) is 5.38. The number of fused-ring (bicyclic) bond motifs is 1. The number of hydrogen-bond acceptors (Lipinski definition) is 4. The zero-order chi connectivity index (χ0) is 13.0. The van der Waals surface area contributed by atoms with Gasteiger partial charge in [-0.2, -0.15) is 15.4 Å². The van der Waals surface area contributed by atoms with Crippen LogP contribution in [-0.4, -0.2) is 34.0 Å². The highest BCUT2D eigenvalue weighted by atomic mass is 16.5. The minimum absolute atomic E-state index is 0.0708. The van der Waals surface area contributed by atoms with Crippen molar-refractivity contribution in [1.82, 2.24) is 15.4 Å². The molecule has 6 heteroatoms. The van der Waals surface area contributed by atoms with Gasteiger partial charge in [0, 0.05) is 5.69 Å². The molecule has 0 spiro atoms. The third-order valence-corrected chi connectivity index (χ3v) is 2.38. The fourth-order valence-corrected chi connectivity index (χ4v) is 1.53. The van der Waals surface area contributed by atoms with Crippen LogP contribution in [0.2, 0.25) is 0 Å². The average molecular weight is 248 g/mol. The summed E-state index contributed by atoms with van der Waals surface area (Å²) in [5.74, 6) is -0.0708. The Hall–Kier alpha value is -1.95. The molecule has 6 nitrogen and oxygen atoms in total. The highest BCUT2D eigenvalue weighted by molar-refractivity contribution is 5.92. The Morgan fingerprint density at radius 1 is 1.39 bits per heavy atom. The standard InChI is InChI=1S/C12H16N4O2/c1-8(2)18-6-5-12(17)13-9-3-4-10-11(7-9)15-16-14-10/h3-4,7-8H,5-6H2,1-2H3,(H,13,17)(H,14,15,16). The fourth-order valence-electron chi connectivity index (χ4n) is 1.53. The van der Waals surface area contributed by atoms with Crippen molar-refractivity contribution in [2.75, 3.05) is 11.9 Å². The van der Waals surface area contributed by atoms with Gasteiger partial charge < -0.3 is 10.1 Å². The van der Waals surface area contributed by atoms with Gasteiger partial charge >= 0.3 is 0 Å². The quantitative estimate of drug-likeness (QED) is 0.844. The molecule has 0 aliphatic rings. The van der Waals surface area contributed by atoms with Crippen LogP contribution in [0.1, 0.15) is 20.3 Å². The second-order valence-electron chi connectivity index (χ2n) is 4.24. The molecule has 0 saturated heterocycles. The van der Waals surface area contributed by atoms with Crippen LogP contribution in [0.15, 0.2) is 18.2 Å². The number of aromatic amines is 1. The van der Waals surface area contributed by atoms with Crippen LogP contribution >= 0.6 is 0 Å². The second kappa shape index (κ2) is 5.59. The maximum atomic E-state index is 11.6. The van der Waals surface area contributed by atoms with E-state index in [1.54, 1.807) is 18.2 Å². The molecule has 0 aliphatic heterocycles. The molecule has 2 rings (SSSR count). The van der Waals surface area contributed by atoms with E-state index in [0.29, 0.717) is 18.7 Å². The van der Waals surface area contributed by atoms with E-state index in [9.17, 15) is 4.79 Å². The molecule has 18 heavy (non-hydrogen) atoms. The Morgan fingerprint density at radius 2 is 2.17 bits per heavy atom. The first kappa shape index (κ1) is 12.5. The number of H-pyrrole nitrogens is 1. The Balaban J connectivity index is 1.90. The minimum atomic E-state index is -0.0708. The fraction of sp³-hybridized carbons (Fsp3) is 0.417. The molecule has 1 aromatic carbocycles. The van der Waals surface area contributed by atoms with Crippen molar-refractivity contribution in [3.63, 3.8) is 0 Å². The summed E-state index contributed by atoms with van der Waals surface area (Å²) in [7, 11) is 0. The summed E-state index contributed by atoms with van der Waals surface area (Å²) in [6.07, 6.45) is 0.485. The monoisotopic (exact) mass is 248 g/mol. The number of hydrogen-bond donors (Lipinski definition) is 2. The van der Waals surface area contributed by atoms with Gasteiger partial charge in [-0.25, -0.2) is 0 Å². The van der Waals surface area contributed by atoms with E-state index < -0.39 is 0 Å². The largest absolute Gasteiger partial charge is 0.378 e. The van der Waals surface area contributed by atoms with Gasteiger partial charge in [0.05, 0.1) is 19.1 Å². The average Bonchev–Trinajstić information content (AvgIpc) is 2.75. The molecule has 96 valence electrons. The molecule has 2 N–H and O–H groups in total. The predicted molar refractivity (Wildman–Crippen MR) is 68.2 cm³/mol. The molecule has 1 heterocycles. The van der Waals surface area contributed by atoms with E-state index in [1.807, 2.05) is 13.8 Å². The SMILES string of the molecule is CC(C)OCCC(=O)Nc1ccc2n[nH]nc2c1. The lowest BCUT2D eigenvalue weighted by molar-refractivity contribution is -0.117. The third-order valence-electron chi connectivity index (χ3n) is 2.38. The summed E-state index contributed by atoms with van der Waals surface area (Å²) in [5.41, 5.74) is 2.22. The van der Waals surface area contributed by atoms with Crippen molar-refractivity contribution >= 4 is 22.6 Å². The van der Waals surface area contributed by atoms with Gasteiger partial charge in [-0.1, -0.05) is 0 Å². The van der Waals surface area contributed by atoms with Gasteiger partial charge in [-0.05, 0) is 32.0 Å². The van der Waals surface area contributed by atoms with Gasteiger partial charge in [-0.15, -0.1) is 0 Å². The van der Waals surface area contributed by atoms with Gasteiger partial charge in [-0.3, -0.25) is 4.79 Å². The van der Waals surface area contributed by atoms with Gasteiger partial charge in [0.1, 0.15) is 11.0 Å². The lowest BCUT2D eigenvalue weighted by atomic mass is 10.2. The zero-order valence-corrected chi connectivity index (χ0v) is 10.4. The predicted octanol–water partition coefficient (Wildman–Crippen LogP) is 1.71. The molecule has 0 fully saturated rings. The maximum absolute atomic E-state index is 11.6. The van der Waals surface area contributed by atoms with Crippen molar-refractivity contribution in [3.05, 3.63) is 18.2 Å². The van der Waals surface area contributed by atoms with Crippen LogP contribution < -0.4 is 5.32 Å². The van der Waals surface area contributed by atoms with Crippen LogP contribution in [0.4, 0.5) is 5.69 Å². The van der Waals surface area contributed by atoms with Crippen LogP contribution in [-0.2, 0) is 9.53 Å². The minimum Gasteiger partial charge on any atom is -0.378 e. The molecule has 0 saturated carbocycles. The molecular weight excluding hydrogens is 232 g/mol. The molecule has 1 amide bonds. The van der Waals surface area contributed by atoms with Gasteiger partial charge in [0.2, 0.25) is 5.91 Å². The Morgan fingerprint density at radius 3 is 2.94 bits per heavy atom. The number of carbonyl (C=O) groups excluding carboxylic acids is 1. The van der Waals surface area contributed by atoms with Crippen LogP contribution in [0.5, 0.6) is 0 Å². The van der Waals surface area contributed by atoms with Crippen LogP contribution in [0.25, 0.3) is 11.0 Å². The number of aromatic nitrogens is 3. The van der Waals surface area contributed by atoms with Gasteiger partial charge in [0.25, 0.3) is 0 Å². The third kappa shape index (κ3) is 3.27. The van der Waals surface area contributed by atoms with Crippen molar-refractivity contribution in [1.29, 1.82) is 0 Å². The molecule has 0 radical (unpaired) electrons. The number of anilines is 1. The van der Waals surface area contributed by atoms with E-state index in [0.717, 1.165) is 11.0 Å². The number of benzene rings is 1. The smallest absolute Gasteiger partial charge is 0.226 e. The molecule has 0 unspecified atom stereocenters. The van der Waals surface area contributed by atoms with E-state index in [4.69, 9.17) is 4.74 Å². The van der Waals surface area contributed by atoms with Crippen molar-refractivity contribution in [3.8, 4) is 0 Å². The summed E-state index contributed by atoms with van der Waals surface area (Å²) in [6.45, 7) is 4.31. The van der Waals surface area contributed by atoms with E-state index >= 15 is 0 Å². The highest BCUT2D eigenvalue weighted by Crippen LogP contribution is 2.14. The summed E-state index contributed by atoms with van der Waals surface area (Å²) in [4.78, 5) is 11.6. The van der Waals surface area contributed by atoms with Crippen LogP contribution in [0.3, 0.4) is 0 Å². The van der Waals surface area contributed by atoms with Crippen molar-refractivity contribution in [2.45, 2.75) is 26.4 Å². The number of carbonyl (C=O) groups is 1. The zero-order valence-electron chi connectivity index (χ0n) is 10.4. The molecule has 2 aromatic rings. The first-order valence-electron chi connectivity index (χ1n) is 5.87. The first-order chi connectivity index (χ1) is 8.65. The number of nitrogens with zero attached hydrogens (tertiary/aromatic N) is 2. The Kier molecular flexibility index (Phi) is 3.88. The molecule has 0 atom stereocenters. The number of ether oxygens (including phenoxy) is 1. The maximum Gasteiger partial charge on any atom is 0.226 e. The van der Waals surface area contributed by atoms with Crippen molar-refractivity contribution < 1.29 is 9.53 Å². The second-order valence-corrected chi connectivity index (χ2v) is 4.24. The molecule has 0 aliphatic carbocycles. The van der Waals surface area contributed by atoms with E-state index in [1.165, 1.54) is 0 Å². The number of rotatable bonds is 5. The lowest BCUT2D eigenvalue weighted by Gasteiger charge is -2.08.